The fourth-order valence-electron chi connectivity index (χ4n) is 8.88. The number of fused-ring (bicyclic) bond motifs is 9. The number of rotatable bonds is 4. The van der Waals surface area contributed by atoms with Gasteiger partial charge in [0, 0.05) is 34.1 Å². The highest BCUT2D eigenvalue weighted by molar-refractivity contribution is 6.19. The summed E-state index contributed by atoms with van der Waals surface area (Å²) in [4.78, 5) is 20.2. The second kappa shape index (κ2) is 12.0. The molecule has 6 nitrogen and oxygen atoms in total. The highest BCUT2D eigenvalue weighted by Gasteiger charge is 2.39. The predicted octanol–water partition coefficient (Wildman–Crippen LogP) is 12.1. The van der Waals surface area contributed by atoms with Gasteiger partial charge in [0.15, 0.2) is 11.6 Å². The SMILES string of the molecule is C1=CCN2C(=C1)N(c1ccccc1)C(c1ncnc(-c3c4ccccc4cc4cc5oc6ccccc6c5cc34)n1)=C2c1cc2ccccc2c2ccccc12. The van der Waals surface area contributed by atoms with Crippen molar-refractivity contribution in [2.75, 3.05) is 11.4 Å². The molecule has 0 unspecified atom stereocenters. The topological polar surface area (TPSA) is 58.3 Å². The molecule has 6 heteroatoms. The van der Waals surface area contributed by atoms with Gasteiger partial charge in [0.1, 0.15) is 29.0 Å². The van der Waals surface area contributed by atoms with Crippen molar-refractivity contribution in [3.05, 3.63) is 193 Å². The zero-order valence-corrected chi connectivity index (χ0v) is 30.1. The molecule has 0 N–H and O–H groups in total. The average molecular weight is 718 g/mol. The minimum Gasteiger partial charge on any atom is -0.456 e. The van der Waals surface area contributed by atoms with E-state index >= 15 is 0 Å². The Labute approximate surface area is 321 Å². The van der Waals surface area contributed by atoms with E-state index in [0.29, 0.717) is 18.2 Å². The van der Waals surface area contributed by atoms with Gasteiger partial charge in [0.25, 0.3) is 0 Å². The number of para-hydroxylation sites is 2. The minimum atomic E-state index is 0.595. The molecule has 0 fully saturated rings. The van der Waals surface area contributed by atoms with Gasteiger partial charge in [0.05, 0.1) is 5.70 Å². The number of hydrogen-bond donors (Lipinski definition) is 0. The Bertz CT molecular complexity index is 3360. The third kappa shape index (κ3) is 4.53. The first-order valence-corrected chi connectivity index (χ1v) is 18.9. The lowest BCUT2D eigenvalue weighted by atomic mass is 9.94. The zero-order chi connectivity index (χ0) is 36.7. The summed E-state index contributed by atoms with van der Waals surface area (Å²) in [6.07, 6.45) is 8.21. The molecule has 0 atom stereocenters. The van der Waals surface area contributed by atoms with Gasteiger partial charge in [0.2, 0.25) is 0 Å². The molecule has 2 aromatic heterocycles. The summed E-state index contributed by atoms with van der Waals surface area (Å²) in [7, 11) is 0. The van der Waals surface area contributed by atoms with Crippen molar-refractivity contribution in [1.29, 1.82) is 0 Å². The van der Waals surface area contributed by atoms with Gasteiger partial charge in [-0.1, -0.05) is 121 Å². The van der Waals surface area contributed by atoms with E-state index in [2.05, 4.69) is 168 Å². The van der Waals surface area contributed by atoms with Crippen LogP contribution in [0.3, 0.4) is 0 Å². The van der Waals surface area contributed by atoms with Gasteiger partial charge in [-0.3, -0.25) is 4.90 Å². The van der Waals surface area contributed by atoms with Crippen LogP contribution in [0.4, 0.5) is 5.69 Å². The van der Waals surface area contributed by atoms with Crippen LogP contribution >= 0.6 is 0 Å². The summed E-state index contributed by atoms with van der Waals surface area (Å²) >= 11 is 0. The Balaban J connectivity index is 1.18. The molecule has 2 aliphatic heterocycles. The molecular weight excluding hydrogens is 687 g/mol. The summed E-state index contributed by atoms with van der Waals surface area (Å²) in [5.74, 6) is 2.26. The third-order valence-electron chi connectivity index (χ3n) is 11.3. The number of anilines is 1. The normalized spacial score (nSPS) is 14.2. The van der Waals surface area contributed by atoms with Crippen LogP contribution in [0.2, 0.25) is 0 Å². The smallest absolute Gasteiger partial charge is 0.182 e. The molecule has 10 aromatic rings. The van der Waals surface area contributed by atoms with Crippen LogP contribution in [0.15, 0.2) is 186 Å². The molecule has 0 aliphatic carbocycles. The third-order valence-corrected chi connectivity index (χ3v) is 11.3. The van der Waals surface area contributed by atoms with E-state index in [1.54, 1.807) is 6.33 Å². The summed E-state index contributed by atoms with van der Waals surface area (Å²) in [6, 6.07) is 53.6. The fourth-order valence-corrected chi connectivity index (χ4v) is 8.88. The molecule has 8 aromatic carbocycles. The lowest BCUT2D eigenvalue weighted by molar-refractivity contribution is 0.547. The van der Waals surface area contributed by atoms with E-state index in [1.165, 1.54) is 21.5 Å². The van der Waals surface area contributed by atoms with Crippen molar-refractivity contribution in [2.24, 2.45) is 0 Å². The predicted molar refractivity (Wildman–Crippen MR) is 229 cm³/mol. The maximum atomic E-state index is 6.35. The molecule has 0 saturated heterocycles. The van der Waals surface area contributed by atoms with Crippen LogP contribution in [0, 0.1) is 0 Å². The van der Waals surface area contributed by atoms with E-state index in [-0.39, 0.29) is 0 Å². The maximum Gasteiger partial charge on any atom is 0.182 e. The lowest BCUT2D eigenvalue weighted by Gasteiger charge is -2.28. The summed E-state index contributed by atoms with van der Waals surface area (Å²) in [6.45, 7) is 0.704. The molecule has 0 saturated carbocycles. The molecular formula is C50H31N5O. The Morgan fingerprint density at radius 1 is 0.500 bits per heavy atom. The van der Waals surface area contributed by atoms with Gasteiger partial charge < -0.3 is 9.32 Å². The summed E-state index contributed by atoms with van der Waals surface area (Å²) < 4.78 is 6.35. The average Bonchev–Trinajstić information content (AvgIpc) is 3.80. The molecule has 4 heterocycles. The number of aromatic nitrogens is 3. The molecule has 0 spiro atoms. The molecule has 262 valence electrons. The standard InChI is InChI=1S/C50H31N5O/c1-2-16-34(17-3-1)55-45-24-12-13-25-54(45)47(42-27-32-15-4-6-18-35(32)37-20-8-9-21-38(37)42)48(55)50-52-30-51-49(53-50)46-36-19-7-5-14-31(36)26-33-28-44-41(29-40(33)46)39-22-10-11-23-43(39)56-44/h1-24,26-30H,25H2. The molecule has 0 amide bonds. The zero-order valence-electron chi connectivity index (χ0n) is 30.1. The van der Waals surface area contributed by atoms with Crippen LogP contribution < -0.4 is 4.90 Å². The minimum absolute atomic E-state index is 0.595. The summed E-state index contributed by atoms with van der Waals surface area (Å²) in [5.41, 5.74) is 6.81. The van der Waals surface area contributed by atoms with E-state index < -0.39 is 0 Å². The number of nitrogens with zero attached hydrogens (tertiary/aromatic N) is 5. The molecule has 12 rings (SSSR count). The maximum absolute atomic E-state index is 6.35. The van der Waals surface area contributed by atoms with Gasteiger partial charge in [-0.15, -0.1) is 0 Å². The summed E-state index contributed by atoms with van der Waals surface area (Å²) in [5, 5.41) is 11.3. The van der Waals surface area contributed by atoms with Gasteiger partial charge in [-0.25, -0.2) is 15.0 Å². The van der Waals surface area contributed by atoms with Crippen LogP contribution in [0.25, 0.3) is 87.8 Å². The van der Waals surface area contributed by atoms with Crippen LogP contribution in [0.5, 0.6) is 0 Å². The first-order valence-electron chi connectivity index (χ1n) is 18.9. The van der Waals surface area contributed by atoms with Crippen LogP contribution in [-0.4, -0.2) is 26.4 Å². The number of benzene rings is 8. The van der Waals surface area contributed by atoms with Gasteiger partial charge in [-0.2, -0.15) is 0 Å². The van der Waals surface area contributed by atoms with Crippen molar-refractivity contribution < 1.29 is 4.42 Å². The number of hydrogen-bond acceptors (Lipinski definition) is 6. The van der Waals surface area contributed by atoms with Crippen LogP contribution in [-0.2, 0) is 0 Å². The quantitative estimate of drug-likeness (QED) is 0.133. The molecule has 2 aliphatic rings. The lowest BCUT2D eigenvalue weighted by Crippen LogP contribution is -2.27. The largest absolute Gasteiger partial charge is 0.456 e. The highest BCUT2D eigenvalue weighted by atomic mass is 16.3. The second-order valence-electron chi connectivity index (χ2n) is 14.4. The van der Waals surface area contributed by atoms with Crippen molar-refractivity contribution >= 4 is 82.1 Å². The van der Waals surface area contributed by atoms with E-state index in [4.69, 9.17) is 19.4 Å². The van der Waals surface area contributed by atoms with E-state index in [0.717, 1.165) is 77.5 Å². The van der Waals surface area contributed by atoms with E-state index in [9.17, 15) is 0 Å². The van der Waals surface area contributed by atoms with Crippen molar-refractivity contribution in [1.82, 2.24) is 19.9 Å². The van der Waals surface area contributed by atoms with Crippen molar-refractivity contribution in [3.8, 4) is 11.4 Å². The van der Waals surface area contributed by atoms with Crippen molar-refractivity contribution in [2.45, 2.75) is 0 Å². The Hall–Kier alpha value is -7.57. The highest BCUT2D eigenvalue weighted by Crippen LogP contribution is 2.48. The first-order chi connectivity index (χ1) is 27.8. The Morgan fingerprint density at radius 3 is 2.05 bits per heavy atom. The number of furan rings is 1. The van der Waals surface area contributed by atoms with Gasteiger partial charge >= 0.3 is 0 Å². The molecule has 56 heavy (non-hydrogen) atoms. The molecule has 0 bridgehead atoms. The number of allylic oxidation sites excluding steroid dienone is 2. The van der Waals surface area contributed by atoms with Crippen LogP contribution in [0.1, 0.15) is 11.4 Å². The first kappa shape index (κ1) is 30.8. The van der Waals surface area contributed by atoms with Crippen molar-refractivity contribution in [3.63, 3.8) is 0 Å². The Morgan fingerprint density at radius 2 is 1.20 bits per heavy atom. The Kier molecular flexibility index (Phi) is 6.59. The monoisotopic (exact) mass is 717 g/mol. The van der Waals surface area contributed by atoms with Gasteiger partial charge in [-0.05, 0) is 91.6 Å². The fraction of sp³-hybridized carbons (Fsp3) is 0.0200. The van der Waals surface area contributed by atoms with E-state index in [1.807, 2.05) is 12.1 Å². The second-order valence-corrected chi connectivity index (χ2v) is 14.4. The molecule has 0 radical (unpaired) electrons.